The Bertz CT molecular complexity index is 555. The minimum Gasteiger partial charge on any atom is -0.308 e. The molecule has 0 atom stereocenters. The molecule has 18 heavy (non-hydrogen) atoms. The summed E-state index contributed by atoms with van der Waals surface area (Å²) in [5.41, 5.74) is 4.28. The first-order valence-corrected chi connectivity index (χ1v) is 6.24. The van der Waals surface area contributed by atoms with Gasteiger partial charge in [0, 0.05) is 44.5 Å². The predicted molar refractivity (Wildman–Crippen MR) is 71.4 cm³/mol. The average molecular weight is 268 g/mol. The Balaban J connectivity index is 1.98. The largest absolute Gasteiger partial charge is 0.308 e. The van der Waals surface area contributed by atoms with Crippen LogP contribution in [0.25, 0.3) is 0 Å². The fourth-order valence-electron chi connectivity index (χ4n) is 2.02. The summed E-state index contributed by atoms with van der Waals surface area (Å²) in [6.07, 6.45) is 2.03. The van der Waals surface area contributed by atoms with Gasteiger partial charge in [0.2, 0.25) is 0 Å². The maximum atomic E-state index is 6.18. The number of hydrogen-bond donors (Lipinski definition) is 1. The molecule has 0 aromatic carbocycles. The minimum absolute atomic E-state index is 0.697. The normalized spacial score (nSPS) is 11.2. The molecule has 5 nitrogen and oxygen atoms in total. The van der Waals surface area contributed by atoms with Gasteiger partial charge in [-0.25, -0.2) is 0 Å². The van der Waals surface area contributed by atoms with Crippen molar-refractivity contribution < 1.29 is 0 Å². The highest BCUT2D eigenvalue weighted by atomic mass is 35.5. The molecule has 0 radical (unpaired) electrons. The molecule has 0 aliphatic heterocycles. The standard InChI is InChI=1S/C12H18ClN5/c1-8-10(7-17(3)15-8)5-14-6-11-9(2)16-18(4)12(11)13/h7,14H,5-6H2,1-4H3. The quantitative estimate of drug-likeness (QED) is 0.918. The van der Waals surface area contributed by atoms with Gasteiger partial charge in [-0.15, -0.1) is 0 Å². The van der Waals surface area contributed by atoms with E-state index in [2.05, 4.69) is 15.5 Å². The molecule has 2 heterocycles. The molecule has 2 rings (SSSR count). The van der Waals surface area contributed by atoms with Crippen LogP contribution in [0.3, 0.4) is 0 Å². The zero-order valence-electron chi connectivity index (χ0n) is 11.2. The van der Waals surface area contributed by atoms with Crippen LogP contribution in [0.4, 0.5) is 0 Å². The summed E-state index contributed by atoms with van der Waals surface area (Å²) < 4.78 is 3.53. The van der Waals surface area contributed by atoms with E-state index in [9.17, 15) is 0 Å². The zero-order chi connectivity index (χ0) is 13.3. The van der Waals surface area contributed by atoms with Crippen molar-refractivity contribution in [1.29, 1.82) is 0 Å². The fourth-order valence-corrected chi connectivity index (χ4v) is 2.26. The Morgan fingerprint density at radius 2 is 1.89 bits per heavy atom. The zero-order valence-corrected chi connectivity index (χ0v) is 11.9. The SMILES string of the molecule is Cc1nn(C)cc1CNCc1c(C)nn(C)c1Cl. The number of aryl methyl sites for hydroxylation is 4. The van der Waals surface area contributed by atoms with E-state index in [1.54, 1.807) is 4.68 Å². The molecule has 0 aliphatic rings. The first-order chi connectivity index (χ1) is 8.49. The van der Waals surface area contributed by atoms with Gasteiger partial charge in [0.25, 0.3) is 0 Å². The molecule has 0 aliphatic carbocycles. The van der Waals surface area contributed by atoms with Gasteiger partial charge in [0.15, 0.2) is 0 Å². The second-order valence-electron chi connectivity index (χ2n) is 4.50. The number of rotatable bonds is 4. The van der Waals surface area contributed by atoms with Crippen molar-refractivity contribution in [3.05, 3.63) is 33.9 Å². The molecule has 0 amide bonds. The van der Waals surface area contributed by atoms with Crippen LogP contribution in [0.5, 0.6) is 0 Å². The van der Waals surface area contributed by atoms with E-state index < -0.39 is 0 Å². The van der Waals surface area contributed by atoms with Crippen LogP contribution in [0.2, 0.25) is 5.15 Å². The number of halogens is 1. The maximum absolute atomic E-state index is 6.18. The third-order valence-electron chi connectivity index (χ3n) is 3.00. The number of nitrogens with zero attached hydrogens (tertiary/aromatic N) is 4. The summed E-state index contributed by atoms with van der Waals surface area (Å²) >= 11 is 6.18. The van der Waals surface area contributed by atoms with E-state index in [-0.39, 0.29) is 0 Å². The minimum atomic E-state index is 0.697. The van der Waals surface area contributed by atoms with Crippen molar-refractivity contribution >= 4 is 11.6 Å². The second kappa shape index (κ2) is 5.12. The molecule has 0 bridgehead atoms. The highest BCUT2D eigenvalue weighted by Gasteiger charge is 2.11. The van der Waals surface area contributed by atoms with E-state index in [1.165, 1.54) is 5.56 Å². The predicted octanol–water partition coefficient (Wildman–Crippen LogP) is 1.71. The Kier molecular flexibility index (Phi) is 3.73. The van der Waals surface area contributed by atoms with E-state index in [0.29, 0.717) is 11.7 Å². The molecule has 2 aromatic heterocycles. The highest BCUT2D eigenvalue weighted by molar-refractivity contribution is 6.30. The first-order valence-electron chi connectivity index (χ1n) is 5.87. The van der Waals surface area contributed by atoms with Crippen molar-refractivity contribution in [2.75, 3.05) is 0 Å². The molecule has 2 aromatic rings. The van der Waals surface area contributed by atoms with E-state index >= 15 is 0 Å². The van der Waals surface area contributed by atoms with E-state index in [0.717, 1.165) is 23.5 Å². The number of hydrogen-bond acceptors (Lipinski definition) is 3. The van der Waals surface area contributed by atoms with Crippen LogP contribution < -0.4 is 5.32 Å². The van der Waals surface area contributed by atoms with Crippen molar-refractivity contribution in [1.82, 2.24) is 24.9 Å². The monoisotopic (exact) mass is 267 g/mol. The third kappa shape index (κ3) is 2.57. The Labute approximate surface area is 112 Å². The van der Waals surface area contributed by atoms with Crippen LogP contribution in [0.15, 0.2) is 6.20 Å². The van der Waals surface area contributed by atoms with Crippen LogP contribution in [-0.4, -0.2) is 19.6 Å². The molecule has 6 heteroatoms. The Morgan fingerprint density at radius 3 is 2.39 bits per heavy atom. The van der Waals surface area contributed by atoms with Gasteiger partial charge in [0.05, 0.1) is 11.4 Å². The second-order valence-corrected chi connectivity index (χ2v) is 4.85. The summed E-state index contributed by atoms with van der Waals surface area (Å²) in [5, 5.41) is 12.7. The van der Waals surface area contributed by atoms with Crippen molar-refractivity contribution in [2.45, 2.75) is 26.9 Å². The van der Waals surface area contributed by atoms with Gasteiger partial charge in [-0.05, 0) is 13.8 Å². The van der Waals surface area contributed by atoms with Crippen LogP contribution in [-0.2, 0) is 27.2 Å². The average Bonchev–Trinajstić information content (AvgIpc) is 2.73. The molecule has 0 spiro atoms. The number of nitrogens with one attached hydrogen (secondary N) is 1. The molecule has 0 unspecified atom stereocenters. The smallest absolute Gasteiger partial charge is 0.131 e. The van der Waals surface area contributed by atoms with Crippen molar-refractivity contribution in [2.24, 2.45) is 14.1 Å². The molecule has 98 valence electrons. The van der Waals surface area contributed by atoms with Crippen molar-refractivity contribution in [3.63, 3.8) is 0 Å². The van der Waals surface area contributed by atoms with E-state index in [1.807, 2.05) is 38.8 Å². The lowest BCUT2D eigenvalue weighted by atomic mass is 10.2. The van der Waals surface area contributed by atoms with Gasteiger partial charge < -0.3 is 5.32 Å². The van der Waals surface area contributed by atoms with Crippen molar-refractivity contribution in [3.8, 4) is 0 Å². The summed E-state index contributed by atoms with van der Waals surface area (Å²) in [6, 6.07) is 0. The van der Waals surface area contributed by atoms with Gasteiger partial charge in [-0.1, -0.05) is 11.6 Å². The first kappa shape index (κ1) is 13.1. The topological polar surface area (TPSA) is 47.7 Å². The maximum Gasteiger partial charge on any atom is 0.131 e. The third-order valence-corrected chi connectivity index (χ3v) is 3.47. The van der Waals surface area contributed by atoms with Gasteiger partial charge >= 0.3 is 0 Å². The molecule has 0 saturated carbocycles. The molecular weight excluding hydrogens is 250 g/mol. The lowest BCUT2D eigenvalue weighted by molar-refractivity contribution is 0.687. The van der Waals surface area contributed by atoms with Crippen LogP contribution >= 0.6 is 11.6 Å². The number of aromatic nitrogens is 4. The summed E-state index contributed by atoms with van der Waals surface area (Å²) in [4.78, 5) is 0. The van der Waals surface area contributed by atoms with E-state index in [4.69, 9.17) is 11.6 Å². The van der Waals surface area contributed by atoms with Crippen LogP contribution in [0.1, 0.15) is 22.5 Å². The summed E-state index contributed by atoms with van der Waals surface area (Å²) in [7, 11) is 3.78. The summed E-state index contributed by atoms with van der Waals surface area (Å²) in [6.45, 7) is 5.48. The summed E-state index contributed by atoms with van der Waals surface area (Å²) in [5.74, 6) is 0. The highest BCUT2D eigenvalue weighted by Crippen LogP contribution is 2.18. The van der Waals surface area contributed by atoms with Crippen LogP contribution in [0, 0.1) is 13.8 Å². The fraction of sp³-hybridized carbons (Fsp3) is 0.500. The molecule has 0 saturated heterocycles. The lowest BCUT2D eigenvalue weighted by Crippen LogP contribution is -2.13. The molecular formula is C12H18ClN5. The molecule has 1 N–H and O–H groups in total. The van der Waals surface area contributed by atoms with Gasteiger partial charge in [-0.2, -0.15) is 10.2 Å². The van der Waals surface area contributed by atoms with Gasteiger partial charge in [0.1, 0.15) is 5.15 Å². The molecule has 0 fully saturated rings. The lowest BCUT2D eigenvalue weighted by Gasteiger charge is -2.03. The Hall–Kier alpha value is -1.33. The van der Waals surface area contributed by atoms with Gasteiger partial charge in [-0.3, -0.25) is 9.36 Å². The Morgan fingerprint density at radius 1 is 1.17 bits per heavy atom.